The molecule has 2 aliphatic rings. The van der Waals surface area contributed by atoms with E-state index in [0.717, 1.165) is 24.0 Å². The molecule has 3 rings (SSSR count). The molecule has 110 valence electrons. The van der Waals surface area contributed by atoms with E-state index in [1.807, 2.05) is 18.2 Å². The molecule has 5 heteroatoms. The van der Waals surface area contributed by atoms with Crippen molar-refractivity contribution in [2.45, 2.75) is 24.9 Å². The number of amides is 1. The quantitative estimate of drug-likeness (QED) is 0.859. The van der Waals surface area contributed by atoms with Crippen molar-refractivity contribution in [2.75, 3.05) is 13.1 Å². The number of likely N-dealkylation sites (tertiary alicyclic amines) is 1. The number of β-amino-alcohol motifs (C(OH)–C–C–N with tert-alkyl or cyclic N) is 1. The zero-order valence-electron chi connectivity index (χ0n) is 11.6. The molecule has 1 aromatic rings. The molecule has 1 atom stereocenters. The van der Waals surface area contributed by atoms with E-state index in [9.17, 15) is 14.7 Å². The average Bonchev–Trinajstić information content (AvgIpc) is 2.90. The number of carbonyl (C=O) groups is 2. The summed E-state index contributed by atoms with van der Waals surface area (Å²) in [6.07, 6.45) is 6.10. The van der Waals surface area contributed by atoms with E-state index in [2.05, 4.69) is 6.08 Å². The number of rotatable bonds is 2. The standard InChI is InChI=1S/C16H17NO4/c18-14(17-8-7-16(21,10-17)15(19)20)13-6-5-11-3-1-2-4-12(11)9-13/h1,3,5-6,9,21H,2,4,7-8,10H2,(H,19,20). The first kappa shape index (κ1) is 13.8. The van der Waals surface area contributed by atoms with E-state index >= 15 is 0 Å². The van der Waals surface area contributed by atoms with Crippen molar-refractivity contribution in [3.8, 4) is 0 Å². The molecule has 0 spiro atoms. The Kier molecular flexibility index (Phi) is 3.29. The first-order chi connectivity index (χ1) is 9.99. The topological polar surface area (TPSA) is 77.8 Å². The van der Waals surface area contributed by atoms with Crippen molar-refractivity contribution >= 4 is 18.0 Å². The highest BCUT2D eigenvalue weighted by molar-refractivity contribution is 5.95. The maximum Gasteiger partial charge on any atom is 0.337 e. The molecule has 0 saturated carbocycles. The van der Waals surface area contributed by atoms with Crippen LogP contribution >= 0.6 is 0 Å². The minimum absolute atomic E-state index is 0.0712. The predicted octanol–water partition coefficient (Wildman–Crippen LogP) is 1.31. The molecule has 1 aliphatic heterocycles. The smallest absolute Gasteiger partial charge is 0.337 e. The van der Waals surface area contributed by atoms with Gasteiger partial charge in [0.05, 0.1) is 6.54 Å². The van der Waals surface area contributed by atoms with Crippen molar-refractivity contribution in [1.82, 2.24) is 4.90 Å². The van der Waals surface area contributed by atoms with Crippen LogP contribution in [0.3, 0.4) is 0 Å². The van der Waals surface area contributed by atoms with Gasteiger partial charge in [-0.3, -0.25) is 4.79 Å². The molecular formula is C16H17NO4. The summed E-state index contributed by atoms with van der Waals surface area (Å²) >= 11 is 0. The summed E-state index contributed by atoms with van der Waals surface area (Å²) in [6, 6.07) is 5.55. The summed E-state index contributed by atoms with van der Waals surface area (Å²) in [7, 11) is 0. The fraction of sp³-hybridized carbons (Fsp3) is 0.375. The van der Waals surface area contributed by atoms with Crippen LogP contribution in [0.1, 0.15) is 34.3 Å². The van der Waals surface area contributed by atoms with Gasteiger partial charge in [0.15, 0.2) is 5.60 Å². The van der Waals surface area contributed by atoms with Gasteiger partial charge in [-0.2, -0.15) is 0 Å². The lowest BCUT2D eigenvalue weighted by molar-refractivity contribution is -0.156. The van der Waals surface area contributed by atoms with Gasteiger partial charge in [0.2, 0.25) is 0 Å². The Balaban J connectivity index is 1.80. The van der Waals surface area contributed by atoms with Crippen LogP contribution in [0, 0.1) is 0 Å². The molecule has 1 aromatic carbocycles. The van der Waals surface area contributed by atoms with E-state index < -0.39 is 11.6 Å². The molecule has 1 amide bonds. The number of allylic oxidation sites excluding steroid dienone is 1. The lowest BCUT2D eigenvalue weighted by Gasteiger charge is -2.20. The Bertz CT molecular complexity index is 637. The number of aliphatic carboxylic acids is 1. The van der Waals surface area contributed by atoms with Crippen LogP contribution in [-0.4, -0.2) is 45.7 Å². The van der Waals surface area contributed by atoms with Gasteiger partial charge in [0, 0.05) is 18.5 Å². The molecule has 1 aliphatic carbocycles. The van der Waals surface area contributed by atoms with E-state index in [1.165, 1.54) is 4.90 Å². The number of aliphatic hydroxyl groups is 1. The Hall–Kier alpha value is -2.14. The van der Waals surface area contributed by atoms with Crippen LogP contribution < -0.4 is 0 Å². The fourth-order valence-electron chi connectivity index (χ4n) is 2.89. The highest BCUT2D eigenvalue weighted by Gasteiger charge is 2.44. The number of nitrogens with zero attached hydrogens (tertiary/aromatic N) is 1. The molecular weight excluding hydrogens is 270 g/mol. The number of carboxylic acid groups (broad SMARTS) is 1. The summed E-state index contributed by atoms with van der Waals surface area (Å²) in [5.41, 5.74) is 1.00. The molecule has 0 bridgehead atoms. The summed E-state index contributed by atoms with van der Waals surface area (Å²) in [5.74, 6) is -1.49. The first-order valence-electron chi connectivity index (χ1n) is 7.04. The number of aryl methyl sites for hydroxylation is 1. The van der Waals surface area contributed by atoms with E-state index in [-0.39, 0.29) is 25.4 Å². The number of fused-ring (bicyclic) bond motifs is 1. The molecule has 5 nitrogen and oxygen atoms in total. The lowest BCUT2D eigenvalue weighted by atomic mass is 9.95. The molecule has 1 unspecified atom stereocenters. The number of carbonyl (C=O) groups excluding carboxylic acids is 1. The van der Waals surface area contributed by atoms with Crippen molar-refractivity contribution in [1.29, 1.82) is 0 Å². The van der Waals surface area contributed by atoms with E-state index in [0.29, 0.717) is 5.56 Å². The zero-order chi connectivity index (χ0) is 15.0. The van der Waals surface area contributed by atoms with Crippen LogP contribution in [0.4, 0.5) is 0 Å². The second-order valence-electron chi connectivity index (χ2n) is 5.67. The predicted molar refractivity (Wildman–Crippen MR) is 76.9 cm³/mol. The van der Waals surface area contributed by atoms with E-state index in [1.54, 1.807) is 6.07 Å². The number of hydrogen-bond donors (Lipinski definition) is 2. The van der Waals surface area contributed by atoms with Gasteiger partial charge in [-0.1, -0.05) is 18.2 Å². The second-order valence-corrected chi connectivity index (χ2v) is 5.67. The fourth-order valence-corrected chi connectivity index (χ4v) is 2.89. The molecule has 1 heterocycles. The van der Waals surface area contributed by atoms with Crippen LogP contribution in [-0.2, 0) is 11.2 Å². The summed E-state index contributed by atoms with van der Waals surface area (Å²) < 4.78 is 0. The van der Waals surface area contributed by atoms with Gasteiger partial charge in [0.25, 0.3) is 5.91 Å². The third-order valence-electron chi connectivity index (χ3n) is 4.20. The normalized spacial score (nSPS) is 24.0. The van der Waals surface area contributed by atoms with Crippen LogP contribution in [0.15, 0.2) is 24.3 Å². The second kappa shape index (κ2) is 5.00. The van der Waals surface area contributed by atoms with Crippen molar-refractivity contribution < 1.29 is 19.8 Å². The Morgan fingerprint density at radius 1 is 1.29 bits per heavy atom. The minimum Gasteiger partial charge on any atom is -0.479 e. The highest BCUT2D eigenvalue weighted by Crippen LogP contribution is 2.25. The van der Waals surface area contributed by atoms with Gasteiger partial charge in [0.1, 0.15) is 0 Å². The Labute approximate surface area is 122 Å². The molecule has 0 aromatic heterocycles. The van der Waals surface area contributed by atoms with Gasteiger partial charge >= 0.3 is 5.97 Å². The van der Waals surface area contributed by atoms with Crippen LogP contribution in [0.25, 0.3) is 6.08 Å². The van der Waals surface area contributed by atoms with Crippen molar-refractivity contribution in [3.63, 3.8) is 0 Å². The molecule has 0 radical (unpaired) electrons. The van der Waals surface area contributed by atoms with E-state index in [4.69, 9.17) is 5.11 Å². The van der Waals surface area contributed by atoms with Gasteiger partial charge in [-0.25, -0.2) is 4.79 Å². The molecule has 1 saturated heterocycles. The minimum atomic E-state index is -1.81. The Morgan fingerprint density at radius 3 is 2.81 bits per heavy atom. The van der Waals surface area contributed by atoms with Gasteiger partial charge in [-0.15, -0.1) is 0 Å². The monoisotopic (exact) mass is 287 g/mol. The maximum absolute atomic E-state index is 12.4. The van der Waals surface area contributed by atoms with Gasteiger partial charge < -0.3 is 15.1 Å². The number of carboxylic acids is 1. The maximum atomic E-state index is 12.4. The first-order valence-corrected chi connectivity index (χ1v) is 7.04. The molecule has 1 fully saturated rings. The third kappa shape index (κ3) is 2.45. The van der Waals surface area contributed by atoms with Crippen LogP contribution in [0.2, 0.25) is 0 Å². The lowest BCUT2D eigenvalue weighted by Crippen LogP contribution is -2.42. The van der Waals surface area contributed by atoms with Crippen molar-refractivity contribution in [3.05, 3.63) is 41.0 Å². The summed E-state index contributed by atoms with van der Waals surface area (Å²) in [6.45, 7) is 0.108. The third-order valence-corrected chi connectivity index (χ3v) is 4.20. The average molecular weight is 287 g/mol. The van der Waals surface area contributed by atoms with Crippen LogP contribution in [0.5, 0.6) is 0 Å². The largest absolute Gasteiger partial charge is 0.479 e. The van der Waals surface area contributed by atoms with Gasteiger partial charge in [-0.05, 0) is 36.1 Å². The molecule has 2 N–H and O–H groups in total. The molecule has 21 heavy (non-hydrogen) atoms. The summed E-state index contributed by atoms with van der Waals surface area (Å²) in [4.78, 5) is 24.9. The Morgan fingerprint density at radius 2 is 2.10 bits per heavy atom. The summed E-state index contributed by atoms with van der Waals surface area (Å²) in [5, 5.41) is 18.9. The zero-order valence-corrected chi connectivity index (χ0v) is 11.6. The number of hydrogen-bond acceptors (Lipinski definition) is 3. The van der Waals surface area contributed by atoms with Crippen molar-refractivity contribution in [2.24, 2.45) is 0 Å². The SMILES string of the molecule is O=C(c1ccc2c(c1)CCC=C2)N1CCC(O)(C(=O)O)C1. The highest BCUT2D eigenvalue weighted by atomic mass is 16.4. The number of benzene rings is 1.